The predicted molar refractivity (Wildman–Crippen MR) is 120 cm³/mol. The van der Waals surface area contributed by atoms with Crippen LogP contribution in [0.5, 0.6) is 11.5 Å². The van der Waals surface area contributed by atoms with E-state index in [1.165, 1.54) is 0 Å². The third-order valence-corrected chi connectivity index (χ3v) is 6.43. The van der Waals surface area contributed by atoms with Gasteiger partial charge >= 0.3 is 0 Å². The van der Waals surface area contributed by atoms with Crippen molar-refractivity contribution in [2.75, 3.05) is 18.1 Å². The van der Waals surface area contributed by atoms with Crippen molar-refractivity contribution in [3.05, 3.63) is 54.1 Å². The van der Waals surface area contributed by atoms with Crippen LogP contribution < -0.4 is 25.2 Å². The van der Waals surface area contributed by atoms with Crippen LogP contribution in [0.2, 0.25) is 0 Å². The minimum Gasteiger partial charge on any atom is -0.485 e. The number of nitrogens with zero attached hydrogens (tertiary/aromatic N) is 2. The van der Waals surface area contributed by atoms with Crippen LogP contribution in [-0.2, 0) is 14.4 Å². The van der Waals surface area contributed by atoms with Crippen LogP contribution in [0, 0.1) is 0 Å². The van der Waals surface area contributed by atoms with Crippen molar-refractivity contribution < 1.29 is 28.7 Å². The first-order valence-corrected chi connectivity index (χ1v) is 11.1. The van der Waals surface area contributed by atoms with E-state index in [-0.39, 0.29) is 31.4 Å². The zero-order chi connectivity index (χ0) is 23.9. The van der Waals surface area contributed by atoms with Crippen LogP contribution in [0.4, 0.5) is 5.69 Å². The molecule has 2 unspecified atom stereocenters. The molecule has 10 nitrogen and oxygen atoms in total. The number of hydrogen-bond acceptors (Lipinski definition) is 6. The quantitative estimate of drug-likeness (QED) is 0.660. The molecule has 176 valence electrons. The lowest BCUT2D eigenvalue weighted by Crippen LogP contribution is -2.62. The lowest BCUT2D eigenvalue weighted by Gasteiger charge is -2.48. The number of nitrogens with one attached hydrogen (secondary N) is 2. The summed E-state index contributed by atoms with van der Waals surface area (Å²) in [6.07, 6.45) is -0.169. The van der Waals surface area contributed by atoms with Crippen LogP contribution in [0.25, 0.3) is 0 Å². The number of carbonyl (C=O) groups excluding carboxylic acids is 4. The second kappa shape index (κ2) is 8.36. The van der Waals surface area contributed by atoms with Crippen LogP contribution in [0.3, 0.4) is 0 Å². The van der Waals surface area contributed by atoms with Gasteiger partial charge in [-0.3, -0.25) is 34.9 Å². The summed E-state index contributed by atoms with van der Waals surface area (Å²) in [6, 6.07) is 14.0. The molecule has 2 atom stereocenters. The van der Waals surface area contributed by atoms with Crippen molar-refractivity contribution >= 4 is 29.3 Å². The number of fused-ring (bicyclic) bond motifs is 4. The summed E-state index contributed by atoms with van der Waals surface area (Å²) in [4.78, 5) is 53.9. The van der Waals surface area contributed by atoms with Crippen LogP contribution in [-0.4, -0.2) is 53.4 Å². The number of amides is 4. The molecule has 2 N–H and O–H groups in total. The molecule has 0 aromatic heterocycles. The van der Waals surface area contributed by atoms with E-state index in [1.807, 2.05) is 6.92 Å². The molecular weight excluding hydrogens is 440 g/mol. The van der Waals surface area contributed by atoms with E-state index in [9.17, 15) is 19.2 Å². The van der Waals surface area contributed by atoms with Crippen molar-refractivity contribution in [2.45, 2.75) is 38.0 Å². The summed E-state index contributed by atoms with van der Waals surface area (Å²) in [5.74, 6) is -0.306. The molecular formula is C24H24N4O6. The highest BCUT2D eigenvalue weighted by Gasteiger charge is 2.52. The molecule has 10 heteroatoms. The summed E-state index contributed by atoms with van der Waals surface area (Å²) < 4.78 is 11.1. The van der Waals surface area contributed by atoms with Gasteiger partial charge in [-0.25, -0.2) is 0 Å². The second-order valence-electron chi connectivity index (χ2n) is 8.57. The van der Waals surface area contributed by atoms with Gasteiger partial charge in [-0.05, 0) is 37.6 Å². The number of anilines is 1. The van der Waals surface area contributed by atoms with Crippen LogP contribution in [0.1, 0.15) is 36.5 Å². The summed E-state index contributed by atoms with van der Waals surface area (Å²) in [6.45, 7) is 1.94. The fourth-order valence-electron chi connectivity index (χ4n) is 4.68. The first-order valence-electron chi connectivity index (χ1n) is 11.1. The molecule has 2 aromatic rings. The van der Waals surface area contributed by atoms with E-state index in [0.29, 0.717) is 35.6 Å². The van der Waals surface area contributed by atoms with Gasteiger partial charge < -0.3 is 14.4 Å². The number of carbonyl (C=O) groups is 4. The van der Waals surface area contributed by atoms with Crippen molar-refractivity contribution in [3.8, 4) is 11.5 Å². The predicted octanol–water partition coefficient (Wildman–Crippen LogP) is 1.36. The Morgan fingerprint density at radius 2 is 1.79 bits per heavy atom. The lowest BCUT2D eigenvalue weighted by molar-refractivity contribution is -0.135. The highest BCUT2D eigenvalue weighted by molar-refractivity contribution is 6.10. The maximum absolute atomic E-state index is 13.2. The topological polar surface area (TPSA) is 117 Å². The fourth-order valence-corrected chi connectivity index (χ4v) is 4.68. The Morgan fingerprint density at radius 1 is 1.06 bits per heavy atom. The molecule has 3 heterocycles. The van der Waals surface area contributed by atoms with E-state index in [2.05, 4.69) is 10.9 Å². The summed E-state index contributed by atoms with van der Waals surface area (Å²) in [5.41, 5.74) is 4.90. The van der Waals surface area contributed by atoms with E-state index >= 15 is 0 Å². The van der Waals surface area contributed by atoms with E-state index < -0.39 is 23.6 Å². The number of rotatable bonds is 4. The van der Waals surface area contributed by atoms with Gasteiger partial charge in [-0.2, -0.15) is 0 Å². The molecule has 4 amide bonds. The van der Waals surface area contributed by atoms with Gasteiger partial charge in [-0.15, -0.1) is 0 Å². The highest BCUT2D eigenvalue weighted by atomic mass is 16.6. The van der Waals surface area contributed by atoms with E-state index in [1.54, 1.807) is 58.3 Å². The normalized spacial score (nSPS) is 22.7. The smallest absolute Gasteiger partial charge is 0.283 e. The van der Waals surface area contributed by atoms with E-state index in [4.69, 9.17) is 9.47 Å². The standard InChI is InChI=1S/C24H24N4O6/c1-24-12-10-21(30)28(24)16-7-3-2-6-15(16)23(32)27(24)13-11-20(29)25-26-22(31)19-14-33-17-8-4-5-9-18(17)34-19/h2-9,19H,10-14H2,1H3,(H,25,29)(H,26,31). The largest absolute Gasteiger partial charge is 0.485 e. The molecule has 3 aliphatic rings. The Labute approximate surface area is 195 Å². The fraction of sp³-hybridized carbons (Fsp3) is 0.333. The SMILES string of the molecule is CC12CCC(=O)N1c1ccccc1C(=O)N2CCC(=O)NNC(=O)C1COc2ccccc2O1. The van der Waals surface area contributed by atoms with Crippen molar-refractivity contribution in [1.29, 1.82) is 0 Å². The van der Waals surface area contributed by atoms with Gasteiger partial charge in [0.25, 0.3) is 11.8 Å². The zero-order valence-electron chi connectivity index (χ0n) is 18.6. The zero-order valence-corrected chi connectivity index (χ0v) is 18.6. The van der Waals surface area contributed by atoms with Gasteiger partial charge in [-0.1, -0.05) is 24.3 Å². The van der Waals surface area contributed by atoms with Gasteiger partial charge in [0.2, 0.25) is 17.9 Å². The lowest BCUT2D eigenvalue weighted by atomic mass is 9.98. The maximum atomic E-state index is 13.2. The Bertz CT molecular complexity index is 1180. The molecule has 5 rings (SSSR count). The minimum absolute atomic E-state index is 0.0165. The van der Waals surface area contributed by atoms with Crippen molar-refractivity contribution in [1.82, 2.24) is 15.8 Å². The third kappa shape index (κ3) is 3.60. The van der Waals surface area contributed by atoms with Gasteiger partial charge in [0.05, 0.1) is 11.3 Å². The van der Waals surface area contributed by atoms with Gasteiger partial charge in [0, 0.05) is 19.4 Å². The maximum Gasteiger partial charge on any atom is 0.283 e. The second-order valence-corrected chi connectivity index (χ2v) is 8.57. The first kappa shape index (κ1) is 21.7. The number of para-hydroxylation sites is 3. The Balaban J connectivity index is 1.20. The third-order valence-electron chi connectivity index (χ3n) is 6.43. The molecule has 1 saturated heterocycles. The van der Waals surface area contributed by atoms with Gasteiger partial charge in [0.1, 0.15) is 12.3 Å². The number of benzene rings is 2. The Hall–Kier alpha value is -4.08. The summed E-state index contributed by atoms with van der Waals surface area (Å²) in [7, 11) is 0. The number of hydrogen-bond donors (Lipinski definition) is 2. The average molecular weight is 464 g/mol. The van der Waals surface area contributed by atoms with Crippen molar-refractivity contribution in [3.63, 3.8) is 0 Å². The first-order chi connectivity index (χ1) is 16.4. The molecule has 0 saturated carbocycles. The van der Waals surface area contributed by atoms with Crippen LogP contribution in [0.15, 0.2) is 48.5 Å². The molecule has 2 aromatic carbocycles. The molecule has 0 spiro atoms. The average Bonchev–Trinajstić information content (AvgIpc) is 3.17. The number of ether oxygens (including phenoxy) is 2. The molecule has 0 bridgehead atoms. The molecule has 1 fully saturated rings. The monoisotopic (exact) mass is 464 g/mol. The molecule has 0 radical (unpaired) electrons. The summed E-state index contributed by atoms with van der Waals surface area (Å²) in [5, 5.41) is 0. The van der Waals surface area contributed by atoms with Crippen LogP contribution >= 0.6 is 0 Å². The number of hydrazine groups is 1. The molecule has 3 aliphatic heterocycles. The van der Waals surface area contributed by atoms with E-state index in [0.717, 1.165) is 0 Å². The minimum atomic E-state index is -0.910. The Kier molecular flexibility index (Phi) is 5.35. The highest BCUT2D eigenvalue weighted by Crippen LogP contribution is 2.43. The van der Waals surface area contributed by atoms with Gasteiger partial charge in [0.15, 0.2) is 11.5 Å². The molecule has 0 aliphatic carbocycles. The Morgan fingerprint density at radius 3 is 2.62 bits per heavy atom. The van der Waals surface area contributed by atoms with Crippen molar-refractivity contribution in [2.24, 2.45) is 0 Å². The summed E-state index contributed by atoms with van der Waals surface area (Å²) >= 11 is 0. The molecule has 34 heavy (non-hydrogen) atoms.